The van der Waals surface area contributed by atoms with E-state index in [0.717, 1.165) is 12.1 Å². The van der Waals surface area contributed by atoms with Crippen LogP contribution in [-0.2, 0) is 14.3 Å². The van der Waals surface area contributed by atoms with Gasteiger partial charge in [-0.15, -0.1) is 11.8 Å². The summed E-state index contributed by atoms with van der Waals surface area (Å²) in [6, 6.07) is 2.21. The zero-order valence-corrected chi connectivity index (χ0v) is 13.4. The molecule has 1 aliphatic rings. The molecule has 0 amide bonds. The predicted molar refractivity (Wildman–Crippen MR) is 89.1 cm³/mol. The summed E-state index contributed by atoms with van der Waals surface area (Å²) in [5.41, 5.74) is 0.729. The first-order valence-corrected chi connectivity index (χ1v) is 8.16. The van der Waals surface area contributed by atoms with Gasteiger partial charge in [-0.25, -0.2) is 4.79 Å². The Balaban J connectivity index is 2.48. The van der Waals surface area contributed by atoms with Crippen molar-refractivity contribution < 1.29 is 19.4 Å². The number of hydrogen-bond acceptors (Lipinski definition) is 6. The van der Waals surface area contributed by atoms with E-state index < -0.39 is 18.5 Å². The lowest BCUT2D eigenvalue weighted by molar-refractivity contribution is -0.153. The number of aliphatic carboxylic acids is 1. The van der Waals surface area contributed by atoms with Crippen LogP contribution >= 0.6 is 11.8 Å². The summed E-state index contributed by atoms with van der Waals surface area (Å²) in [5.74, 6) is -1.55. The van der Waals surface area contributed by atoms with Crippen molar-refractivity contribution in [3.05, 3.63) is 36.5 Å². The maximum atomic E-state index is 11.2. The van der Waals surface area contributed by atoms with Gasteiger partial charge in [0.05, 0.1) is 29.3 Å². The first-order chi connectivity index (χ1) is 11.1. The molecule has 1 aliphatic carbocycles. The highest BCUT2D eigenvalue weighted by molar-refractivity contribution is 7.99. The number of nitriles is 1. The fourth-order valence-corrected chi connectivity index (χ4v) is 2.17. The molecule has 6 nitrogen and oxygen atoms in total. The van der Waals surface area contributed by atoms with Crippen LogP contribution in [0.4, 0.5) is 0 Å². The van der Waals surface area contributed by atoms with E-state index in [1.54, 1.807) is 6.08 Å². The van der Waals surface area contributed by atoms with E-state index in [1.807, 2.05) is 30.4 Å². The standard InChI is InChI=1S/C16H18N2O4S/c17-9-13-5-3-1-2-4-6-14(8-7-13)18-12-23-11-16(21)22-10-15(19)20/h1,3-4,6-8,13H,2,5,10-12H2,(H,19,20)/b3-1?,6-4+,8-7?,18-14?. The number of rotatable bonds is 6. The largest absolute Gasteiger partial charge is 0.479 e. The second-order valence-electron chi connectivity index (χ2n) is 4.55. The number of hydrogen-bond donors (Lipinski definition) is 1. The Hall–Kier alpha value is -2.33. The van der Waals surface area contributed by atoms with Gasteiger partial charge >= 0.3 is 11.9 Å². The summed E-state index contributed by atoms with van der Waals surface area (Å²) < 4.78 is 4.51. The lowest BCUT2D eigenvalue weighted by Crippen LogP contribution is -2.14. The van der Waals surface area contributed by atoms with Crippen molar-refractivity contribution in [2.24, 2.45) is 10.9 Å². The van der Waals surface area contributed by atoms with Gasteiger partial charge in [-0.05, 0) is 25.0 Å². The number of allylic oxidation sites excluding steroid dienone is 6. The third-order valence-electron chi connectivity index (χ3n) is 2.70. The summed E-state index contributed by atoms with van der Waals surface area (Å²) in [6.07, 6.45) is 12.9. The second-order valence-corrected chi connectivity index (χ2v) is 5.51. The molecule has 1 N–H and O–H groups in total. The number of ether oxygens (including phenoxy) is 1. The van der Waals surface area contributed by atoms with Crippen LogP contribution in [0.3, 0.4) is 0 Å². The van der Waals surface area contributed by atoms with Crippen LogP contribution in [0.1, 0.15) is 12.8 Å². The van der Waals surface area contributed by atoms with Crippen molar-refractivity contribution in [3.63, 3.8) is 0 Å². The topological polar surface area (TPSA) is 99.8 Å². The van der Waals surface area contributed by atoms with Gasteiger partial charge in [-0.2, -0.15) is 5.26 Å². The first kappa shape index (κ1) is 18.7. The van der Waals surface area contributed by atoms with E-state index in [1.165, 1.54) is 11.8 Å². The van der Waals surface area contributed by atoms with Crippen LogP contribution in [0, 0.1) is 17.2 Å². The molecule has 1 atom stereocenters. The van der Waals surface area contributed by atoms with Gasteiger partial charge in [-0.3, -0.25) is 9.79 Å². The van der Waals surface area contributed by atoms with Crippen LogP contribution in [0.5, 0.6) is 0 Å². The highest BCUT2D eigenvalue weighted by atomic mass is 32.2. The number of thioether (sulfide) groups is 1. The second kappa shape index (κ2) is 11.3. The summed E-state index contributed by atoms with van der Waals surface area (Å²) in [7, 11) is 0. The van der Waals surface area contributed by atoms with Crippen molar-refractivity contribution in [2.75, 3.05) is 18.2 Å². The molecule has 0 aromatic carbocycles. The van der Waals surface area contributed by atoms with Gasteiger partial charge in [0.2, 0.25) is 0 Å². The van der Waals surface area contributed by atoms with E-state index in [0.29, 0.717) is 12.3 Å². The number of carboxylic acid groups (broad SMARTS) is 1. The van der Waals surface area contributed by atoms with Gasteiger partial charge in [0.25, 0.3) is 0 Å². The van der Waals surface area contributed by atoms with E-state index >= 15 is 0 Å². The van der Waals surface area contributed by atoms with Gasteiger partial charge < -0.3 is 9.84 Å². The quantitative estimate of drug-likeness (QED) is 0.455. The maximum Gasteiger partial charge on any atom is 0.341 e. The molecule has 0 spiro atoms. The lowest BCUT2D eigenvalue weighted by atomic mass is 10.0. The maximum absolute atomic E-state index is 11.2. The molecule has 7 heteroatoms. The van der Waals surface area contributed by atoms with Crippen molar-refractivity contribution in [2.45, 2.75) is 12.8 Å². The minimum atomic E-state index is -1.18. The normalized spacial score (nSPS) is 20.7. The monoisotopic (exact) mass is 334 g/mol. The van der Waals surface area contributed by atoms with E-state index in [9.17, 15) is 9.59 Å². The van der Waals surface area contributed by atoms with Crippen molar-refractivity contribution >= 4 is 29.4 Å². The molecule has 0 bridgehead atoms. The van der Waals surface area contributed by atoms with Gasteiger partial charge in [0.1, 0.15) is 0 Å². The summed E-state index contributed by atoms with van der Waals surface area (Å²) in [4.78, 5) is 25.8. The average molecular weight is 334 g/mol. The summed E-state index contributed by atoms with van der Waals surface area (Å²) in [5, 5.41) is 17.4. The zero-order valence-electron chi connectivity index (χ0n) is 12.6. The number of carbonyl (C=O) groups is 2. The highest BCUT2D eigenvalue weighted by Gasteiger charge is 2.05. The Bertz CT molecular complexity index is 573. The molecule has 122 valence electrons. The Morgan fingerprint density at radius 1 is 1.39 bits per heavy atom. The number of nitrogens with zero attached hydrogens (tertiary/aromatic N) is 2. The molecule has 1 rings (SSSR count). The number of carbonyl (C=O) groups excluding carboxylic acids is 1. The minimum Gasteiger partial charge on any atom is -0.479 e. The van der Waals surface area contributed by atoms with Crippen molar-refractivity contribution in [1.82, 2.24) is 0 Å². The molecular formula is C16H18N2O4S. The Kier molecular flexibility index (Phi) is 9.17. The molecular weight excluding hydrogens is 316 g/mol. The SMILES string of the molecule is N#CC1C=CC(=NCSCC(=O)OCC(=O)O)/C=C/CC=CC1. The first-order valence-electron chi connectivity index (χ1n) is 7.00. The third kappa shape index (κ3) is 9.32. The molecule has 0 fully saturated rings. The number of carboxylic acids is 1. The van der Waals surface area contributed by atoms with Crippen LogP contribution in [-0.4, -0.2) is 41.0 Å². The molecule has 1 unspecified atom stereocenters. The fraction of sp³-hybridized carbons (Fsp3) is 0.375. The Morgan fingerprint density at radius 3 is 2.96 bits per heavy atom. The minimum absolute atomic E-state index is 0.0427. The van der Waals surface area contributed by atoms with Gasteiger partial charge in [0, 0.05) is 0 Å². The fourth-order valence-electron chi connectivity index (χ4n) is 1.59. The van der Waals surface area contributed by atoms with E-state index in [-0.39, 0.29) is 11.7 Å². The molecule has 0 aromatic heterocycles. The molecule has 23 heavy (non-hydrogen) atoms. The molecule has 0 aromatic rings. The molecule has 0 radical (unpaired) electrons. The van der Waals surface area contributed by atoms with Crippen molar-refractivity contribution in [1.29, 1.82) is 5.26 Å². The van der Waals surface area contributed by atoms with Crippen LogP contribution in [0.15, 0.2) is 41.4 Å². The predicted octanol–water partition coefficient (Wildman–Crippen LogP) is 2.35. The Labute approximate surface area is 139 Å². The van der Waals surface area contributed by atoms with Gasteiger partial charge in [-0.1, -0.05) is 24.3 Å². The smallest absolute Gasteiger partial charge is 0.341 e. The molecule has 0 aliphatic heterocycles. The molecule has 0 saturated carbocycles. The lowest BCUT2D eigenvalue weighted by Gasteiger charge is -2.02. The van der Waals surface area contributed by atoms with E-state index in [2.05, 4.69) is 15.8 Å². The zero-order chi connectivity index (χ0) is 16.9. The highest BCUT2D eigenvalue weighted by Crippen LogP contribution is 2.09. The average Bonchev–Trinajstić information content (AvgIpc) is 2.54. The summed E-state index contributed by atoms with van der Waals surface area (Å²) >= 11 is 1.23. The van der Waals surface area contributed by atoms with E-state index in [4.69, 9.17) is 10.4 Å². The van der Waals surface area contributed by atoms with Crippen LogP contribution < -0.4 is 0 Å². The number of aliphatic imine (C=N–C) groups is 1. The third-order valence-corrected chi connectivity index (χ3v) is 3.45. The number of esters is 1. The van der Waals surface area contributed by atoms with Crippen LogP contribution in [0.25, 0.3) is 0 Å². The Morgan fingerprint density at radius 2 is 2.22 bits per heavy atom. The molecule has 0 heterocycles. The molecule has 0 saturated heterocycles. The summed E-state index contributed by atoms with van der Waals surface area (Å²) in [6.45, 7) is -0.623. The van der Waals surface area contributed by atoms with Gasteiger partial charge in [0.15, 0.2) is 6.61 Å². The van der Waals surface area contributed by atoms with Crippen molar-refractivity contribution in [3.8, 4) is 6.07 Å². The van der Waals surface area contributed by atoms with Crippen LogP contribution in [0.2, 0.25) is 0 Å².